The first-order valence-electron chi connectivity index (χ1n) is 13.7. The summed E-state index contributed by atoms with van der Waals surface area (Å²) in [5, 5.41) is 9.76. The molecule has 0 saturated heterocycles. The van der Waals surface area contributed by atoms with Crippen LogP contribution in [0.25, 0.3) is 49.4 Å². The van der Waals surface area contributed by atoms with Gasteiger partial charge in [-0.2, -0.15) is 0 Å². The summed E-state index contributed by atoms with van der Waals surface area (Å²) in [6, 6.07) is 45.7. The largest absolute Gasteiger partial charge is 0.308 e. The van der Waals surface area contributed by atoms with E-state index in [1.54, 1.807) is 0 Å². The van der Waals surface area contributed by atoms with Gasteiger partial charge in [0.15, 0.2) is 0 Å². The first-order valence-corrected chi connectivity index (χ1v) is 15.1. The molecule has 1 nitrogen and oxygen atoms in total. The molecule has 1 atom stereocenters. The van der Waals surface area contributed by atoms with E-state index in [0.29, 0.717) is 0 Å². The van der Waals surface area contributed by atoms with Gasteiger partial charge in [0.05, 0.1) is 16.7 Å². The van der Waals surface area contributed by atoms with Crippen molar-refractivity contribution >= 4 is 56.4 Å². The minimum Gasteiger partial charge on any atom is -0.308 e. The molecule has 0 bridgehead atoms. The number of nitrogens with zero attached hydrogens (tertiary/aromatic N) is 1. The van der Waals surface area contributed by atoms with Crippen molar-refractivity contribution in [3.8, 4) is 16.8 Å². The molecule has 2 heterocycles. The fourth-order valence-corrected chi connectivity index (χ4v) is 10.3. The zero-order chi connectivity index (χ0) is 25.9. The number of fused-ring (bicyclic) bond motifs is 10. The summed E-state index contributed by atoms with van der Waals surface area (Å²) in [5.41, 5.74) is 9.69. The molecule has 184 valence electrons. The molecule has 0 fully saturated rings. The minimum atomic E-state index is -0.814. The number of hydrogen-bond acceptors (Lipinski definition) is 0. The first kappa shape index (κ1) is 21.7. The van der Waals surface area contributed by atoms with Crippen LogP contribution in [-0.4, -0.2) is 4.57 Å². The lowest BCUT2D eigenvalue weighted by Gasteiger charge is -2.32. The van der Waals surface area contributed by atoms with E-state index in [1.807, 2.05) is 0 Å². The molecule has 39 heavy (non-hydrogen) atoms. The molecular formula is C37H26NP. The van der Waals surface area contributed by atoms with E-state index in [9.17, 15) is 0 Å². The zero-order valence-corrected chi connectivity index (χ0v) is 22.8. The number of hydrogen-bond donors (Lipinski definition) is 0. The average Bonchev–Trinajstić information content (AvgIpc) is 3.44. The van der Waals surface area contributed by atoms with E-state index in [-0.39, 0.29) is 5.41 Å². The zero-order valence-electron chi connectivity index (χ0n) is 21.9. The van der Waals surface area contributed by atoms with Crippen molar-refractivity contribution in [2.24, 2.45) is 0 Å². The van der Waals surface area contributed by atoms with Crippen LogP contribution in [-0.2, 0) is 5.41 Å². The van der Waals surface area contributed by atoms with Gasteiger partial charge < -0.3 is 4.57 Å². The number of para-hydroxylation sites is 2. The van der Waals surface area contributed by atoms with Crippen LogP contribution in [0.3, 0.4) is 0 Å². The van der Waals surface area contributed by atoms with Crippen LogP contribution >= 0.6 is 7.92 Å². The Morgan fingerprint density at radius 1 is 0.564 bits per heavy atom. The van der Waals surface area contributed by atoms with Crippen LogP contribution in [0.15, 0.2) is 121 Å². The van der Waals surface area contributed by atoms with Crippen molar-refractivity contribution in [1.82, 2.24) is 4.57 Å². The molecule has 0 amide bonds. The lowest BCUT2D eigenvalue weighted by molar-refractivity contribution is 0.660. The summed E-state index contributed by atoms with van der Waals surface area (Å²) < 4.78 is 2.56. The number of benzene rings is 6. The summed E-state index contributed by atoms with van der Waals surface area (Å²) in [5.74, 6) is 0. The highest BCUT2D eigenvalue weighted by molar-refractivity contribution is 7.81. The van der Waals surface area contributed by atoms with Crippen LogP contribution in [0.5, 0.6) is 0 Å². The van der Waals surface area contributed by atoms with Gasteiger partial charge in [-0.1, -0.05) is 123 Å². The van der Waals surface area contributed by atoms with Crippen molar-refractivity contribution in [1.29, 1.82) is 0 Å². The smallest absolute Gasteiger partial charge is 0.0624 e. The van der Waals surface area contributed by atoms with Gasteiger partial charge >= 0.3 is 0 Å². The van der Waals surface area contributed by atoms with Crippen LogP contribution < -0.4 is 15.9 Å². The number of aromatic nitrogens is 1. The topological polar surface area (TPSA) is 4.93 Å². The monoisotopic (exact) mass is 515 g/mol. The van der Waals surface area contributed by atoms with Gasteiger partial charge in [0.25, 0.3) is 0 Å². The molecule has 2 heteroatoms. The molecule has 1 aliphatic heterocycles. The Balaban J connectivity index is 1.53. The molecule has 2 aliphatic rings. The Hall–Kier alpha value is -4.19. The van der Waals surface area contributed by atoms with Gasteiger partial charge in [-0.05, 0) is 58.4 Å². The molecule has 6 aromatic carbocycles. The average molecular weight is 516 g/mol. The molecule has 1 aliphatic carbocycles. The van der Waals surface area contributed by atoms with E-state index >= 15 is 0 Å². The maximum absolute atomic E-state index is 2.56. The van der Waals surface area contributed by atoms with Gasteiger partial charge in [0.2, 0.25) is 0 Å². The third-order valence-electron chi connectivity index (χ3n) is 9.09. The maximum atomic E-state index is 2.56. The SMILES string of the molecule is CC1(C)c2ccccc2-c2c1ccc1c2P(c2cccc3ccccc23)c2cccc3c4ccccc4n-1c23. The quantitative estimate of drug-likeness (QED) is 0.194. The molecule has 1 unspecified atom stereocenters. The van der Waals surface area contributed by atoms with E-state index < -0.39 is 7.92 Å². The molecule has 7 aromatic rings. The highest BCUT2D eigenvalue weighted by Crippen LogP contribution is 2.55. The lowest BCUT2D eigenvalue weighted by atomic mass is 9.82. The summed E-state index contributed by atoms with van der Waals surface area (Å²) >= 11 is 0. The van der Waals surface area contributed by atoms with Crippen molar-refractivity contribution in [3.05, 3.63) is 132 Å². The predicted molar refractivity (Wildman–Crippen MR) is 168 cm³/mol. The van der Waals surface area contributed by atoms with Crippen molar-refractivity contribution in [3.63, 3.8) is 0 Å². The fraction of sp³-hybridized carbons (Fsp3) is 0.0811. The third-order valence-corrected chi connectivity index (χ3v) is 11.7. The van der Waals surface area contributed by atoms with E-state index in [4.69, 9.17) is 0 Å². The highest BCUT2D eigenvalue weighted by Gasteiger charge is 2.41. The molecule has 1 aromatic heterocycles. The Morgan fingerprint density at radius 2 is 1.26 bits per heavy atom. The maximum Gasteiger partial charge on any atom is 0.0624 e. The van der Waals surface area contributed by atoms with Crippen molar-refractivity contribution in [2.75, 3.05) is 0 Å². The minimum absolute atomic E-state index is 0.0360. The molecule has 0 radical (unpaired) electrons. The normalized spacial score (nSPS) is 16.4. The van der Waals surface area contributed by atoms with Gasteiger partial charge in [-0.25, -0.2) is 0 Å². The lowest BCUT2D eigenvalue weighted by Crippen LogP contribution is -2.31. The van der Waals surface area contributed by atoms with Crippen LogP contribution in [0, 0.1) is 0 Å². The van der Waals surface area contributed by atoms with Gasteiger partial charge in [-0.15, -0.1) is 0 Å². The molecule has 0 saturated carbocycles. The Morgan fingerprint density at radius 3 is 2.18 bits per heavy atom. The summed E-state index contributed by atoms with van der Waals surface area (Å²) in [4.78, 5) is 0. The molecular weight excluding hydrogens is 489 g/mol. The fourth-order valence-electron chi connectivity index (χ4n) is 7.38. The Labute approximate surface area is 229 Å². The van der Waals surface area contributed by atoms with Gasteiger partial charge in [0, 0.05) is 26.8 Å². The van der Waals surface area contributed by atoms with Crippen LogP contribution in [0.1, 0.15) is 25.0 Å². The highest BCUT2D eigenvalue weighted by atomic mass is 31.1. The second-order valence-electron chi connectivity index (χ2n) is 11.4. The number of rotatable bonds is 1. The third kappa shape index (κ3) is 2.64. The van der Waals surface area contributed by atoms with Crippen molar-refractivity contribution in [2.45, 2.75) is 19.3 Å². The predicted octanol–water partition coefficient (Wildman–Crippen LogP) is 8.31. The second-order valence-corrected chi connectivity index (χ2v) is 13.5. The molecule has 9 rings (SSSR count). The van der Waals surface area contributed by atoms with Crippen LogP contribution in [0.4, 0.5) is 0 Å². The van der Waals surface area contributed by atoms with Crippen LogP contribution in [0.2, 0.25) is 0 Å². The first-order chi connectivity index (χ1) is 19.1. The molecule has 0 N–H and O–H groups in total. The van der Waals surface area contributed by atoms with Gasteiger partial charge in [-0.3, -0.25) is 0 Å². The van der Waals surface area contributed by atoms with Crippen molar-refractivity contribution < 1.29 is 0 Å². The summed E-state index contributed by atoms with van der Waals surface area (Å²) in [7, 11) is -0.814. The second kappa shape index (κ2) is 7.47. The van der Waals surface area contributed by atoms with Gasteiger partial charge in [0.1, 0.15) is 0 Å². The van der Waals surface area contributed by atoms with E-state index in [2.05, 4.69) is 140 Å². The van der Waals surface area contributed by atoms with E-state index in [1.165, 1.54) is 76.4 Å². The Kier molecular flexibility index (Phi) is 4.16. The Bertz CT molecular complexity index is 2160. The summed E-state index contributed by atoms with van der Waals surface area (Å²) in [6.45, 7) is 4.79. The summed E-state index contributed by atoms with van der Waals surface area (Å²) in [6.07, 6.45) is 0. The van der Waals surface area contributed by atoms with E-state index in [0.717, 1.165) is 0 Å². The standard InChI is InChI=1S/C37H26NP/c1-37(2)28-17-7-5-15-27(28)34-29(37)21-22-31-36(34)39(32-19-9-12-23-11-3-4-13-24(23)32)33-20-10-16-26-25-14-6-8-18-30(25)38(31)35(26)33/h3-22H,1-2H3. The molecule has 0 spiro atoms.